The SMILES string of the molecule is COC(=O)/C=C/CNC(=O)C1CCCn2nccc21. The van der Waals surface area contributed by atoms with E-state index in [4.69, 9.17) is 0 Å². The molecule has 6 nitrogen and oxygen atoms in total. The number of ether oxygens (including phenoxy) is 1. The lowest BCUT2D eigenvalue weighted by molar-refractivity contribution is -0.134. The van der Waals surface area contributed by atoms with E-state index in [0.29, 0.717) is 6.54 Å². The second-order valence-corrected chi connectivity index (χ2v) is 4.34. The van der Waals surface area contributed by atoms with Crippen LogP contribution in [0.1, 0.15) is 24.5 Å². The molecule has 0 aromatic carbocycles. The summed E-state index contributed by atoms with van der Waals surface area (Å²) < 4.78 is 6.33. The monoisotopic (exact) mass is 263 g/mol. The summed E-state index contributed by atoms with van der Waals surface area (Å²) in [7, 11) is 1.31. The number of methoxy groups -OCH3 is 1. The fraction of sp³-hybridized carbons (Fsp3) is 0.462. The molecule has 0 spiro atoms. The number of carbonyl (C=O) groups excluding carboxylic acids is 2. The van der Waals surface area contributed by atoms with Crippen LogP contribution in [-0.2, 0) is 20.9 Å². The van der Waals surface area contributed by atoms with Crippen molar-refractivity contribution in [2.45, 2.75) is 25.3 Å². The van der Waals surface area contributed by atoms with Gasteiger partial charge in [-0.3, -0.25) is 9.48 Å². The normalized spacial score (nSPS) is 18.1. The highest BCUT2D eigenvalue weighted by molar-refractivity contribution is 5.84. The number of hydrogen-bond donors (Lipinski definition) is 1. The zero-order valence-electron chi connectivity index (χ0n) is 10.8. The average molecular weight is 263 g/mol. The summed E-state index contributed by atoms with van der Waals surface area (Å²) in [5.74, 6) is -0.608. The maximum absolute atomic E-state index is 12.1. The number of aryl methyl sites for hydroxylation is 1. The van der Waals surface area contributed by atoms with Crippen molar-refractivity contribution in [2.75, 3.05) is 13.7 Å². The van der Waals surface area contributed by atoms with E-state index >= 15 is 0 Å². The third-order valence-electron chi connectivity index (χ3n) is 3.13. The molecule has 2 heterocycles. The number of hydrogen-bond acceptors (Lipinski definition) is 4. The molecule has 2 rings (SSSR count). The van der Waals surface area contributed by atoms with Crippen LogP contribution in [0.5, 0.6) is 0 Å². The number of rotatable bonds is 4. The molecule has 1 atom stereocenters. The minimum absolute atomic E-state index is 0.0315. The predicted octanol–water partition coefficient (Wildman–Crippen LogP) is 0.606. The Labute approximate surface area is 111 Å². The van der Waals surface area contributed by atoms with E-state index in [9.17, 15) is 9.59 Å². The van der Waals surface area contributed by atoms with Gasteiger partial charge in [-0.05, 0) is 18.9 Å². The van der Waals surface area contributed by atoms with Crippen LogP contribution in [-0.4, -0.2) is 35.3 Å². The Morgan fingerprint density at radius 3 is 3.26 bits per heavy atom. The molecule has 1 aromatic heterocycles. The summed E-state index contributed by atoms with van der Waals surface area (Å²) in [6.45, 7) is 1.19. The van der Waals surface area contributed by atoms with Crippen LogP contribution < -0.4 is 5.32 Å². The zero-order chi connectivity index (χ0) is 13.7. The second-order valence-electron chi connectivity index (χ2n) is 4.34. The lowest BCUT2D eigenvalue weighted by Gasteiger charge is -2.22. The van der Waals surface area contributed by atoms with E-state index in [-0.39, 0.29) is 11.8 Å². The molecule has 19 heavy (non-hydrogen) atoms. The minimum atomic E-state index is -0.426. The minimum Gasteiger partial charge on any atom is -0.466 e. The van der Waals surface area contributed by atoms with Gasteiger partial charge in [-0.15, -0.1) is 0 Å². The largest absolute Gasteiger partial charge is 0.466 e. The van der Waals surface area contributed by atoms with Crippen LogP contribution in [0, 0.1) is 0 Å². The lowest BCUT2D eigenvalue weighted by atomic mass is 9.95. The molecule has 1 aromatic rings. The molecule has 0 aliphatic carbocycles. The highest BCUT2D eigenvalue weighted by Crippen LogP contribution is 2.26. The molecule has 1 aliphatic heterocycles. The van der Waals surface area contributed by atoms with Crippen molar-refractivity contribution < 1.29 is 14.3 Å². The van der Waals surface area contributed by atoms with Gasteiger partial charge >= 0.3 is 5.97 Å². The summed E-state index contributed by atoms with van der Waals surface area (Å²) in [5.41, 5.74) is 0.959. The predicted molar refractivity (Wildman–Crippen MR) is 68.4 cm³/mol. The first kappa shape index (κ1) is 13.3. The molecule has 0 saturated heterocycles. The average Bonchev–Trinajstić information content (AvgIpc) is 2.91. The van der Waals surface area contributed by atoms with E-state index in [1.807, 2.05) is 10.7 Å². The molecule has 6 heteroatoms. The van der Waals surface area contributed by atoms with Gasteiger partial charge < -0.3 is 10.1 Å². The van der Waals surface area contributed by atoms with Gasteiger partial charge in [-0.25, -0.2) is 4.79 Å². The molecule has 0 radical (unpaired) electrons. The highest BCUT2D eigenvalue weighted by Gasteiger charge is 2.26. The number of fused-ring (bicyclic) bond motifs is 1. The van der Waals surface area contributed by atoms with Crippen LogP contribution in [0.25, 0.3) is 0 Å². The van der Waals surface area contributed by atoms with Crippen molar-refractivity contribution >= 4 is 11.9 Å². The van der Waals surface area contributed by atoms with Crippen LogP contribution in [0.4, 0.5) is 0 Å². The zero-order valence-corrected chi connectivity index (χ0v) is 10.8. The Kier molecular flexibility index (Phi) is 4.33. The Bertz CT molecular complexity index is 493. The van der Waals surface area contributed by atoms with Gasteiger partial charge in [0.25, 0.3) is 0 Å². The van der Waals surface area contributed by atoms with Crippen LogP contribution in [0.15, 0.2) is 24.4 Å². The maximum atomic E-state index is 12.1. The third kappa shape index (κ3) is 3.21. The number of esters is 1. The van der Waals surface area contributed by atoms with Gasteiger partial charge in [0.05, 0.1) is 18.7 Å². The fourth-order valence-electron chi connectivity index (χ4n) is 2.19. The van der Waals surface area contributed by atoms with Gasteiger partial charge in [0.15, 0.2) is 0 Å². The van der Waals surface area contributed by atoms with E-state index in [2.05, 4.69) is 15.2 Å². The number of aromatic nitrogens is 2. The lowest BCUT2D eigenvalue weighted by Crippen LogP contribution is -2.33. The van der Waals surface area contributed by atoms with Gasteiger partial charge in [-0.2, -0.15) is 5.10 Å². The molecule has 102 valence electrons. The summed E-state index contributed by atoms with van der Waals surface area (Å²) >= 11 is 0. The second kappa shape index (κ2) is 6.17. The number of nitrogens with zero attached hydrogens (tertiary/aromatic N) is 2. The van der Waals surface area contributed by atoms with Crippen molar-refractivity contribution in [3.05, 3.63) is 30.1 Å². The first-order valence-electron chi connectivity index (χ1n) is 6.26. The van der Waals surface area contributed by atoms with Gasteiger partial charge in [0, 0.05) is 25.4 Å². The van der Waals surface area contributed by atoms with Crippen molar-refractivity contribution in [1.82, 2.24) is 15.1 Å². The molecule has 1 unspecified atom stereocenters. The van der Waals surface area contributed by atoms with Crippen molar-refractivity contribution in [1.29, 1.82) is 0 Å². The summed E-state index contributed by atoms with van der Waals surface area (Å²) in [5, 5.41) is 6.97. The van der Waals surface area contributed by atoms with Gasteiger partial charge in [-0.1, -0.05) is 6.08 Å². The summed E-state index contributed by atoms with van der Waals surface area (Å²) in [6, 6.07) is 1.88. The summed E-state index contributed by atoms with van der Waals surface area (Å²) in [6.07, 6.45) is 6.37. The topological polar surface area (TPSA) is 73.2 Å². The van der Waals surface area contributed by atoms with Crippen molar-refractivity contribution in [2.24, 2.45) is 0 Å². The maximum Gasteiger partial charge on any atom is 0.330 e. The fourth-order valence-corrected chi connectivity index (χ4v) is 2.19. The standard InChI is InChI=1S/C13H17N3O3/c1-19-12(17)5-2-7-14-13(18)10-4-3-9-16-11(10)6-8-15-16/h2,5-6,8,10H,3-4,7,9H2,1H3,(H,14,18)/b5-2+. The molecule has 0 fully saturated rings. The Hall–Kier alpha value is -2.11. The Morgan fingerprint density at radius 2 is 2.47 bits per heavy atom. The van der Waals surface area contributed by atoms with E-state index in [1.165, 1.54) is 13.2 Å². The highest BCUT2D eigenvalue weighted by atomic mass is 16.5. The van der Waals surface area contributed by atoms with Crippen molar-refractivity contribution in [3.8, 4) is 0 Å². The number of carbonyl (C=O) groups is 2. The van der Waals surface area contributed by atoms with Gasteiger partial charge in [0.2, 0.25) is 5.91 Å². The van der Waals surface area contributed by atoms with Crippen LogP contribution in [0.2, 0.25) is 0 Å². The van der Waals surface area contributed by atoms with Gasteiger partial charge in [0.1, 0.15) is 0 Å². The van der Waals surface area contributed by atoms with E-state index in [0.717, 1.165) is 25.1 Å². The van der Waals surface area contributed by atoms with Crippen LogP contribution in [0.3, 0.4) is 0 Å². The summed E-state index contributed by atoms with van der Waals surface area (Å²) in [4.78, 5) is 22.9. The molecule has 1 amide bonds. The molecule has 1 aliphatic rings. The molecule has 0 saturated carbocycles. The molecule has 1 N–H and O–H groups in total. The first-order chi connectivity index (χ1) is 9.22. The number of nitrogens with one attached hydrogen (secondary N) is 1. The first-order valence-corrected chi connectivity index (χ1v) is 6.26. The number of amides is 1. The third-order valence-corrected chi connectivity index (χ3v) is 3.13. The smallest absolute Gasteiger partial charge is 0.330 e. The van der Waals surface area contributed by atoms with Crippen molar-refractivity contribution in [3.63, 3.8) is 0 Å². The van der Waals surface area contributed by atoms with Crippen LogP contribution >= 0.6 is 0 Å². The quantitative estimate of drug-likeness (QED) is 0.638. The van der Waals surface area contributed by atoms with E-state index < -0.39 is 5.97 Å². The molecular weight excluding hydrogens is 246 g/mol. The molecule has 0 bridgehead atoms. The van der Waals surface area contributed by atoms with E-state index in [1.54, 1.807) is 12.3 Å². The Balaban J connectivity index is 1.88. The molecular formula is C13H17N3O3. The Morgan fingerprint density at radius 1 is 1.63 bits per heavy atom.